The van der Waals surface area contributed by atoms with E-state index in [0.717, 1.165) is 6.54 Å². The van der Waals surface area contributed by atoms with Crippen molar-refractivity contribution in [3.8, 4) is 11.5 Å². The molecule has 1 heterocycles. The summed E-state index contributed by atoms with van der Waals surface area (Å²) in [6.07, 6.45) is 0. The molecular weight excluding hydrogens is 320 g/mol. The first kappa shape index (κ1) is 18.0. The third-order valence-corrected chi connectivity index (χ3v) is 5.87. The maximum absolute atomic E-state index is 12.8. The van der Waals surface area contributed by atoms with Gasteiger partial charge in [-0.2, -0.15) is 4.31 Å². The minimum Gasteiger partial charge on any atom is -0.497 e. The van der Waals surface area contributed by atoms with Gasteiger partial charge in [0, 0.05) is 45.9 Å². The number of sulfonamides is 1. The standard InChI is InChI=1S/C15H24N2O5S/c1-20-11-10-16-6-8-17(9-7-16)23(18,19)15-5-4-13(21-2)12-14(15)22-3/h4-5,12H,6-11H2,1-3H3. The molecular formula is C15H24N2O5S. The number of benzene rings is 1. The molecule has 23 heavy (non-hydrogen) atoms. The zero-order valence-corrected chi connectivity index (χ0v) is 14.6. The van der Waals surface area contributed by atoms with E-state index in [-0.39, 0.29) is 4.90 Å². The summed E-state index contributed by atoms with van der Waals surface area (Å²) in [4.78, 5) is 2.37. The van der Waals surface area contributed by atoms with Crippen molar-refractivity contribution in [2.45, 2.75) is 4.90 Å². The van der Waals surface area contributed by atoms with Gasteiger partial charge in [0.1, 0.15) is 16.4 Å². The second kappa shape index (κ2) is 7.96. The highest BCUT2D eigenvalue weighted by Crippen LogP contribution is 2.30. The molecule has 0 atom stereocenters. The van der Waals surface area contributed by atoms with Gasteiger partial charge in [-0.05, 0) is 12.1 Å². The van der Waals surface area contributed by atoms with E-state index in [1.165, 1.54) is 24.6 Å². The van der Waals surface area contributed by atoms with E-state index in [9.17, 15) is 8.42 Å². The summed E-state index contributed by atoms with van der Waals surface area (Å²) in [7, 11) is 1.07. The number of piperazine rings is 1. The smallest absolute Gasteiger partial charge is 0.246 e. The number of ether oxygens (including phenoxy) is 3. The van der Waals surface area contributed by atoms with Gasteiger partial charge in [0.25, 0.3) is 0 Å². The Hall–Kier alpha value is -1.35. The minimum absolute atomic E-state index is 0.172. The highest BCUT2D eigenvalue weighted by molar-refractivity contribution is 7.89. The van der Waals surface area contributed by atoms with Crippen LogP contribution < -0.4 is 9.47 Å². The monoisotopic (exact) mass is 344 g/mol. The molecule has 1 aromatic carbocycles. The normalized spacial score (nSPS) is 17.2. The Labute approximate surface area is 137 Å². The highest BCUT2D eigenvalue weighted by atomic mass is 32.2. The molecule has 1 aliphatic rings. The Morgan fingerprint density at radius 3 is 2.30 bits per heavy atom. The zero-order chi connectivity index (χ0) is 16.9. The fraction of sp³-hybridized carbons (Fsp3) is 0.600. The van der Waals surface area contributed by atoms with Gasteiger partial charge in [-0.15, -0.1) is 0 Å². The largest absolute Gasteiger partial charge is 0.497 e. The van der Waals surface area contributed by atoms with Crippen LogP contribution in [0.2, 0.25) is 0 Å². The van der Waals surface area contributed by atoms with E-state index in [1.54, 1.807) is 19.2 Å². The predicted molar refractivity (Wildman–Crippen MR) is 86.6 cm³/mol. The van der Waals surface area contributed by atoms with Gasteiger partial charge in [-0.3, -0.25) is 4.90 Å². The molecule has 1 fully saturated rings. The topological polar surface area (TPSA) is 68.3 Å². The lowest BCUT2D eigenvalue weighted by molar-refractivity contribution is 0.123. The Morgan fingerprint density at radius 2 is 1.74 bits per heavy atom. The van der Waals surface area contributed by atoms with E-state index in [1.807, 2.05) is 0 Å². The summed E-state index contributed by atoms with van der Waals surface area (Å²) in [5, 5.41) is 0. The van der Waals surface area contributed by atoms with E-state index in [4.69, 9.17) is 14.2 Å². The van der Waals surface area contributed by atoms with Gasteiger partial charge >= 0.3 is 0 Å². The van der Waals surface area contributed by atoms with Crippen molar-refractivity contribution in [3.05, 3.63) is 18.2 Å². The molecule has 7 nitrogen and oxygen atoms in total. The van der Waals surface area contributed by atoms with Crippen LogP contribution in [0.4, 0.5) is 0 Å². The van der Waals surface area contributed by atoms with Crippen LogP contribution in [0.5, 0.6) is 11.5 Å². The average Bonchev–Trinajstić information content (AvgIpc) is 2.59. The molecule has 8 heteroatoms. The fourth-order valence-electron chi connectivity index (χ4n) is 2.54. The van der Waals surface area contributed by atoms with Gasteiger partial charge in [0.15, 0.2) is 0 Å². The number of hydrogen-bond acceptors (Lipinski definition) is 6. The van der Waals surface area contributed by atoms with Crippen molar-refractivity contribution < 1.29 is 22.6 Å². The first-order chi connectivity index (χ1) is 11.0. The molecule has 1 saturated heterocycles. The third kappa shape index (κ3) is 4.14. The lowest BCUT2D eigenvalue weighted by atomic mass is 10.3. The van der Waals surface area contributed by atoms with Gasteiger partial charge in [-0.25, -0.2) is 8.42 Å². The fourth-order valence-corrected chi connectivity index (χ4v) is 4.10. The first-order valence-corrected chi connectivity index (χ1v) is 8.90. The summed E-state index contributed by atoms with van der Waals surface area (Å²) in [6.45, 7) is 3.78. The van der Waals surface area contributed by atoms with Crippen LogP contribution in [-0.2, 0) is 14.8 Å². The molecule has 0 unspecified atom stereocenters. The van der Waals surface area contributed by atoms with Crippen LogP contribution in [0, 0.1) is 0 Å². The molecule has 130 valence electrons. The Morgan fingerprint density at radius 1 is 1.04 bits per heavy atom. The van der Waals surface area contributed by atoms with Crippen molar-refractivity contribution >= 4 is 10.0 Å². The van der Waals surface area contributed by atoms with Crippen LogP contribution in [0.3, 0.4) is 0 Å². The minimum atomic E-state index is -3.58. The molecule has 1 aromatic rings. The molecule has 0 aromatic heterocycles. The van der Waals surface area contributed by atoms with E-state index in [2.05, 4.69) is 4.90 Å². The summed E-state index contributed by atoms with van der Waals surface area (Å²) in [6, 6.07) is 4.75. The Bertz CT molecular complexity index is 612. The number of nitrogens with zero attached hydrogens (tertiary/aromatic N) is 2. The zero-order valence-electron chi connectivity index (χ0n) is 13.8. The van der Waals surface area contributed by atoms with Crippen molar-refractivity contribution in [2.75, 3.05) is 60.7 Å². The number of methoxy groups -OCH3 is 3. The van der Waals surface area contributed by atoms with Crippen molar-refractivity contribution in [2.24, 2.45) is 0 Å². The van der Waals surface area contributed by atoms with Gasteiger partial charge in [-0.1, -0.05) is 0 Å². The van der Waals surface area contributed by atoms with E-state index in [0.29, 0.717) is 44.3 Å². The lowest BCUT2D eigenvalue weighted by Gasteiger charge is -2.34. The van der Waals surface area contributed by atoms with Crippen LogP contribution in [0.25, 0.3) is 0 Å². The van der Waals surface area contributed by atoms with E-state index >= 15 is 0 Å². The van der Waals surface area contributed by atoms with Gasteiger partial charge in [0.05, 0.1) is 20.8 Å². The lowest BCUT2D eigenvalue weighted by Crippen LogP contribution is -2.49. The van der Waals surface area contributed by atoms with Crippen molar-refractivity contribution in [1.29, 1.82) is 0 Å². The predicted octanol–water partition coefficient (Wildman–Crippen LogP) is 0.657. The molecule has 0 saturated carbocycles. The number of hydrogen-bond donors (Lipinski definition) is 0. The van der Waals surface area contributed by atoms with Crippen LogP contribution in [0.15, 0.2) is 23.1 Å². The molecule has 1 aliphatic heterocycles. The quantitative estimate of drug-likeness (QED) is 0.724. The number of rotatable bonds is 7. The molecule has 2 rings (SSSR count). The summed E-state index contributed by atoms with van der Waals surface area (Å²) in [5.41, 5.74) is 0. The van der Waals surface area contributed by atoms with Crippen LogP contribution in [0.1, 0.15) is 0 Å². The van der Waals surface area contributed by atoms with Crippen LogP contribution >= 0.6 is 0 Å². The maximum atomic E-state index is 12.8. The van der Waals surface area contributed by atoms with E-state index < -0.39 is 10.0 Å². The average molecular weight is 344 g/mol. The summed E-state index contributed by atoms with van der Waals surface area (Å²) >= 11 is 0. The molecule has 0 bridgehead atoms. The SMILES string of the molecule is COCCN1CCN(S(=O)(=O)c2ccc(OC)cc2OC)CC1. The Balaban J connectivity index is 2.13. The molecule has 0 spiro atoms. The van der Waals surface area contributed by atoms with Crippen molar-refractivity contribution in [1.82, 2.24) is 9.21 Å². The molecule has 0 radical (unpaired) electrons. The second-order valence-corrected chi connectivity index (χ2v) is 7.16. The third-order valence-electron chi connectivity index (χ3n) is 3.93. The Kier molecular flexibility index (Phi) is 6.23. The highest BCUT2D eigenvalue weighted by Gasteiger charge is 2.30. The second-order valence-electron chi connectivity index (χ2n) is 5.26. The molecule has 0 amide bonds. The molecule has 0 aliphatic carbocycles. The maximum Gasteiger partial charge on any atom is 0.246 e. The van der Waals surface area contributed by atoms with Gasteiger partial charge < -0.3 is 14.2 Å². The molecule has 0 N–H and O–H groups in total. The van der Waals surface area contributed by atoms with Gasteiger partial charge in [0.2, 0.25) is 10.0 Å². The summed E-state index contributed by atoms with van der Waals surface area (Å²) < 4.78 is 42.6. The van der Waals surface area contributed by atoms with Crippen molar-refractivity contribution in [3.63, 3.8) is 0 Å². The first-order valence-electron chi connectivity index (χ1n) is 7.46. The van der Waals surface area contributed by atoms with Crippen LogP contribution in [-0.4, -0.2) is 78.3 Å². The summed E-state index contributed by atoms with van der Waals surface area (Å²) in [5.74, 6) is 0.858.